The van der Waals surface area contributed by atoms with Crippen molar-refractivity contribution in [1.29, 1.82) is 5.26 Å². The van der Waals surface area contributed by atoms with E-state index in [1.54, 1.807) is 33.8 Å². The molecule has 0 aliphatic carbocycles. The molecule has 3 heterocycles. The number of pyridine rings is 1. The third-order valence-corrected chi connectivity index (χ3v) is 9.45. The van der Waals surface area contributed by atoms with Gasteiger partial charge in [-0.1, -0.05) is 70.9 Å². The van der Waals surface area contributed by atoms with Crippen molar-refractivity contribution >= 4 is 57.3 Å². The van der Waals surface area contributed by atoms with E-state index in [4.69, 9.17) is 27.9 Å². The van der Waals surface area contributed by atoms with E-state index in [1.807, 2.05) is 36.5 Å². The predicted molar refractivity (Wildman–Crippen MR) is 195 cm³/mol. The third-order valence-electron chi connectivity index (χ3n) is 8.87. The lowest BCUT2D eigenvalue weighted by Crippen LogP contribution is -2.39. The predicted octanol–water partition coefficient (Wildman–Crippen LogP) is 9.20. The smallest absolute Gasteiger partial charge is 0.410 e. The van der Waals surface area contributed by atoms with Gasteiger partial charge in [0.05, 0.1) is 45.1 Å². The lowest BCUT2D eigenvalue weighted by atomic mass is 10.0. The Morgan fingerprint density at radius 1 is 0.981 bits per heavy atom. The maximum Gasteiger partial charge on any atom is 0.410 e. The van der Waals surface area contributed by atoms with E-state index in [2.05, 4.69) is 32.0 Å². The summed E-state index contributed by atoms with van der Waals surface area (Å²) < 4.78 is 35.3. The van der Waals surface area contributed by atoms with Crippen LogP contribution < -0.4 is 10.6 Å². The lowest BCUT2D eigenvalue weighted by molar-refractivity contribution is 0.0820. The molecule has 0 spiro atoms. The SMILES string of the molecule is N#Cc1cnc2c(Cl)cc(N[C@@H](c3ccc(F)cc3)c3cn(C4CCN(C(=O)OCc5ccccc5)CC4)nn3)cc2c1Nc1ccc(F)c(Cl)c1. The first-order valence-corrected chi connectivity index (χ1v) is 17.1. The number of nitrogens with one attached hydrogen (secondary N) is 2. The highest BCUT2D eigenvalue weighted by Gasteiger charge is 2.27. The number of rotatable bonds is 9. The van der Waals surface area contributed by atoms with Gasteiger partial charge in [-0.05, 0) is 66.4 Å². The van der Waals surface area contributed by atoms with Crippen molar-refractivity contribution in [2.45, 2.75) is 31.5 Å². The Bertz CT molecular complexity index is 2270. The Morgan fingerprint density at radius 3 is 2.46 bits per heavy atom. The van der Waals surface area contributed by atoms with E-state index in [-0.39, 0.29) is 35.1 Å². The molecule has 1 fully saturated rings. The number of piperidine rings is 1. The molecule has 52 heavy (non-hydrogen) atoms. The van der Waals surface area contributed by atoms with Crippen LogP contribution in [0.4, 0.5) is 30.6 Å². The molecule has 1 aliphatic heterocycles. The molecule has 14 heteroatoms. The van der Waals surface area contributed by atoms with Gasteiger partial charge in [-0.3, -0.25) is 4.98 Å². The normalized spacial score (nSPS) is 13.8. The van der Waals surface area contributed by atoms with Crippen LogP contribution in [0, 0.1) is 23.0 Å². The van der Waals surface area contributed by atoms with Gasteiger partial charge in [0, 0.05) is 36.0 Å². The second kappa shape index (κ2) is 15.2. The van der Waals surface area contributed by atoms with Crippen LogP contribution in [0.1, 0.15) is 47.3 Å². The second-order valence-corrected chi connectivity index (χ2v) is 13.1. The number of aromatic nitrogens is 4. The van der Waals surface area contributed by atoms with Crippen molar-refractivity contribution in [1.82, 2.24) is 24.9 Å². The molecule has 0 radical (unpaired) electrons. The van der Waals surface area contributed by atoms with Gasteiger partial charge in [-0.2, -0.15) is 5.26 Å². The van der Waals surface area contributed by atoms with Gasteiger partial charge < -0.3 is 20.3 Å². The Hall–Kier alpha value is -5.77. The highest BCUT2D eigenvalue weighted by atomic mass is 35.5. The fraction of sp³-hybridized carbons (Fsp3) is 0.184. The summed E-state index contributed by atoms with van der Waals surface area (Å²) in [6, 6.07) is 24.8. The van der Waals surface area contributed by atoms with E-state index in [1.165, 1.54) is 36.5 Å². The summed E-state index contributed by atoms with van der Waals surface area (Å²) in [4.78, 5) is 18.8. The first kappa shape index (κ1) is 34.7. The average Bonchev–Trinajstić information content (AvgIpc) is 3.66. The average molecular weight is 740 g/mol. The zero-order valence-corrected chi connectivity index (χ0v) is 29.0. The molecule has 6 aromatic rings. The van der Waals surface area contributed by atoms with Crippen LogP contribution in [0.25, 0.3) is 10.9 Å². The molecule has 1 amide bonds. The van der Waals surface area contributed by atoms with Gasteiger partial charge in [0.15, 0.2) is 0 Å². The van der Waals surface area contributed by atoms with E-state index >= 15 is 0 Å². The molecule has 1 atom stereocenters. The Labute approximate surface area is 307 Å². The topological polar surface area (TPSA) is 121 Å². The fourth-order valence-electron chi connectivity index (χ4n) is 6.16. The number of ether oxygens (including phenoxy) is 1. The summed E-state index contributed by atoms with van der Waals surface area (Å²) in [5.41, 5.74) is 4.28. The first-order chi connectivity index (χ1) is 25.2. The standard InChI is InChI=1S/C38H30Cl2F2N8O2/c39-31-17-27(10-11-33(31)42)45-35-25(19-43)20-44-37-30(35)16-28(18-32(37)40)46-36(24-6-8-26(41)9-7-24)34-21-50(48-47-34)29-12-14-49(15-13-29)38(51)52-22-23-4-2-1-3-5-23/h1-11,16-18,20-21,29,36,46H,12-15,22H2,(H,44,45)/t36-/m0/s1. The van der Waals surface area contributed by atoms with Crippen molar-refractivity contribution in [2.24, 2.45) is 0 Å². The minimum Gasteiger partial charge on any atom is -0.445 e. The quantitative estimate of drug-likeness (QED) is 0.151. The molecule has 7 rings (SSSR count). The first-order valence-electron chi connectivity index (χ1n) is 16.4. The molecule has 2 N–H and O–H groups in total. The van der Waals surface area contributed by atoms with Crippen LogP contribution in [0.3, 0.4) is 0 Å². The van der Waals surface area contributed by atoms with Crippen molar-refractivity contribution < 1.29 is 18.3 Å². The number of nitrogens with zero attached hydrogens (tertiary/aromatic N) is 6. The third kappa shape index (κ3) is 7.61. The molecular formula is C38H30Cl2F2N8O2. The number of anilines is 3. The molecule has 0 bridgehead atoms. The largest absolute Gasteiger partial charge is 0.445 e. The van der Waals surface area contributed by atoms with E-state index in [0.717, 1.165) is 5.56 Å². The summed E-state index contributed by atoms with van der Waals surface area (Å²) >= 11 is 12.8. The number of hydrogen-bond acceptors (Lipinski definition) is 8. The van der Waals surface area contributed by atoms with Gasteiger partial charge in [-0.25, -0.2) is 18.3 Å². The molecule has 1 aliphatic rings. The van der Waals surface area contributed by atoms with Crippen molar-refractivity contribution in [3.8, 4) is 6.07 Å². The number of benzene rings is 4. The Morgan fingerprint density at radius 2 is 1.73 bits per heavy atom. The molecule has 4 aromatic carbocycles. The molecule has 262 valence electrons. The van der Waals surface area contributed by atoms with Crippen molar-refractivity contribution in [3.05, 3.63) is 141 Å². The minimum atomic E-state index is -0.588. The van der Waals surface area contributed by atoms with E-state index < -0.39 is 11.9 Å². The number of carbonyl (C=O) groups is 1. The molecule has 10 nitrogen and oxygen atoms in total. The number of nitriles is 1. The summed E-state index contributed by atoms with van der Waals surface area (Å²) in [7, 11) is 0. The van der Waals surface area contributed by atoms with Crippen molar-refractivity contribution in [2.75, 3.05) is 23.7 Å². The molecule has 2 aromatic heterocycles. The summed E-state index contributed by atoms with van der Waals surface area (Å²) in [5, 5.41) is 26.3. The number of amides is 1. The van der Waals surface area contributed by atoms with Gasteiger partial charge in [0.1, 0.15) is 30.0 Å². The number of halogens is 4. The monoisotopic (exact) mass is 738 g/mol. The van der Waals surface area contributed by atoms with Crippen LogP contribution in [0.15, 0.2) is 97.3 Å². The van der Waals surface area contributed by atoms with Crippen LogP contribution in [0.2, 0.25) is 10.0 Å². The number of fused-ring (bicyclic) bond motifs is 1. The molecule has 1 saturated heterocycles. The van der Waals surface area contributed by atoms with Crippen molar-refractivity contribution in [3.63, 3.8) is 0 Å². The number of hydrogen-bond donors (Lipinski definition) is 2. The van der Waals surface area contributed by atoms with Crippen LogP contribution >= 0.6 is 23.2 Å². The van der Waals surface area contributed by atoms with Gasteiger partial charge in [0.25, 0.3) is 0 Å². The fourth-order valence-corrected chi connectivity index (χ4v) is 6.60. The zero-order chi connectivity index (χ0) is 36.2. The Balaban J connectivity index is 1.13. The number of carbonyl (C=O) groups excluding carboxylic acids is 1. The lowest BCUT2D eigenvalue weighted by Gasteiger charge is -2.31. The second-order valence-electron chi connectivity index (χ2n) is 12.3. The van der Waals surface area contributed by atoms with Crippen LogP contribution in [-0.4, -0.2) is 44.1 Å². The zero-order valence-electron chi connectivity index (χ0n) is 27.4. The summed E-state index contributed by atoms with van der Waals surface area (Å²) in [6.07, 6.45) is 4.21. The highest BCUT2D eigenvalue weighted by Crippen LogP contribution is 2.37. The van der Waals surface area contributed by atoms with Crippen LogP contribution in [0.5, 0.6) is 0 Å². The Kier molecular flexibility index (Phi) is 10.2. The molecular weight excluding hydrogens is 709 g/mol. The van der Waals surface area contributed by atoms with Gasteiger partial charge in [-0.15, -0.1) is 5.10 Å². The van der Waals surface area contributed by atoms with Crippen LogP contribution in [-0.2, 0) is 11.3 Å². The maximum absolute atomic E-state index is 14.0. The molecule has 0 saturated carbocycles. The number of likely N-dealkylation sites (tertiary alicyclic amines) is 1. The van der Waals surface area contributed by atoms with E-state index in [9.17, 15) is 18.8 Å². The summed E-state index contributed by atoms with van der Waals surface area (Å²) in [5.74, 6) is -0.962. The summed E-state index contributed by atoms with van der Waals surface area (Å²) in [6.45, 7) is 1.22. The van der Waals surface area contributed by atoms with Gasteiger partial charge in [0.2, 0.25) is 0 Å². The minimum absolute atomic E-state index is 0.00696. The molecule has 0 unspecified atom stereocenters. The highest BCUT2D eigenvalue weighted by molar-refractivity contribution is 6.36. The maximum atomic E-state index is 14.0. The van der Waals surface area contributed by atoms with E-state index in [0.29, 0.717) is 70.2 Å². The van der Waals surface area contributed by atoms with Gasteiger partial charge >= 0.3 is 6.09 Å².